The Morgan fingerprint density at radius 1 is 0.893 bits per heavy atom. The number of guanidine groups is 1. The normalized spacial score (nSPS) is 12.6. The van der Waals surface area contributed by atoms with Crippen molar-refractivity contribution >= 4 is 28.3 Å². The monoisotopic (exact) mass is 389 g/mol. The summed E-state index contributed by atoms with van der Waals surface area (Å²) < 4.78 is 53.2. The molecular formula is C19H15F4N5. The third-order valence-corrected chi connectivity index (χ3v) is 3.97. The molecule has 0 aliphatic carbocycles. The second kappa shape index (κ2) is 7.18. The molecule has 0 saturated carbocycles. The first-order valence-corrected chi connectivity index (χ1v) is 7.98. The summed E-state index contributed by atoms with van der Waals surface area (Å²) in [6, 6.07) is 10.3. The summed E-state index contributed by atoms with van der Waals surface area (Å²) in [7, 11) is 0. The van der Waals surface area contributed by atoms with Crippen LogP contribution < -0.4 is 17.2 Å². The topological polar surface area (TPSA) is 103 Å². The van der Waals surface area contributed by atoms with Crippen LogP contribution in [0.15, 0.2) is 59.7 Å². The van der Waals surface area contributed by atoms with Crippen molar-refractivity contribution in [2.24, 2.45) is 22.2 Å². The van der Waals surface area contributed by atoms with E-state index in [2.05, 4.69) is 9.98 Å². The van der Waals surface area contributed by atoms with E-state index in [-0.39, 0.29) is 33.8 Å². The second-order valence-corrected chi connectivity index (χ2v) is 5.89. The van der Waals surface area contributed by atoms with Crippen molar-refractivity contribution < 1.29 is 17.6 Å². The van der Waals surface area contributed by atoms with E-state index in [0.717, 1.165) is 12.3 Å². The summed E-state index contributed by atoms with van der Waals surface area (Å²) in [6.45, 7) is 0. The lowest BCUT2D eigenvalue weighted by atomic mass is 10.0. The second-order valence-electron chi connectivity index (χ2n) is 5.89. The first-order chi connectivity index (χ1) is 13.2. The van der Waals surface area contributed by atoms with Crippen molar-refractivity contribution in [3.8, 4) is 0 Å². The van der Waals surface area contributed by atoms with Crippen molar-refractivity contribution in [3.63, 3.8) is 0 Å². The highest BCUT2D eigenvalue weighted by molar-refractivity contribution is 5.96. The van der Waals surface area contributed by atoms with Crippen LogP contribution in [-0.4, -0.2) is 10.9 Å². The Morgan fingerprint density at radius 2 is 1.54 bits per heavy atom. The zero-order chi connectivity index (χ0) is 20.5. The molecule has 0 aliphatic rings. The first-order valence-electron chi connectivity index (χ1n) is 7.98. The van der Waals surface area contributed by atoms with E-state index >= 15 is 0 Å². The van der Waals surface area contributed by atoms with Gasteiger partial charge < -0.3 is 17.2 Å². The third-order valence-electron chi connectivity index (χ3n) is 3.97. The van der Waals surface area contributed by atoms with Crippen LogP contribution in [-0.2, 0) is 6.18 Å². The Labute approximate surface area is 157 Å². The lowest BCUT2D eigenvalue weighted by Gasteiger charge is -2.13. The Bertz CT molecular complexity index is 1080. The number of fused-ring (bicyclic) bond motifs is 1. The quantitative estimate of drug-likeness (QED) is 0.276. The van der Waals surface area contributed by atoms with Gasteiger partial charge in [-0.15, -0.1) is 0 Å². The number of hydrogen-bond donors (Lipinski definition) is 3. The molecule has 6 N–H and O–H groups in total. The minimum absolute atomic E-state index is 0.0267. The molecule has 0 unspecified atom stereocenters. The van der Waals surface area contributed by atoms with Gasteiger partial charge in [0, 0.05) is 22.7 Å². The molecule has 0 spiro atoms. The summed E-state index contributed by atoms with van der Waals surface area (Å²) in [6.07, 6.45) is -3.47. The Balaban J connectivity index is 2.25. The molecule has 3 aromatic rings. The van der Waals surface area contributed by atoms with E-state index < -0.39 is 17.6 Å². The van der Waals surface area contributed by atoms with Crippen LogP contribution in [0.1, 0.15) is 16.7 Å². The van der Waals surface area contributed by atoms with Gasteiger partial charge in [-0.3, -0.25) is 4.98 Å². The van der Waals surface area contributed by atoms with Crippen LogP contribution >= 0.6 is 0 Å². The van der Waals surface area contributed by atoms with Gasteiger partial charge in [-0.1, -0.05) is 6.07 Å². The molecule has 1 aromatic heterocycles. The van der Waals surface area contributed by atoms with Gasteiger partial charge in [0.2, 0.25) is 0 Å². The zero-order valence-electron chi connectivity index (χ0n) is 14.3. The standard InChI is InChI=1S/C19H15F4N5/c20-12-4-1-10(2-5-12)17(28-18(25)26)16(24)11-3-6-15-13(9-11)14(7-8-27-15)19(21,22)23/h1-9H,24H2,(H4,25,26,28)/b17-16-. The van der Waals surface area contributed by atoms with Crippen LogP contribution in [0, 0.1) is 5.82 Å². The van der Waals surface area contributed by atoms with Crippen LogP contribution in [0.2, 0.25) is 0 Å². The third kappa shape index (κ3) is 3.88. The molecule has 0 bridgehead atoms. The zero-order valence-corrected chi connectivity index (χ0v) is 14.3. The highest BCUT2D eigenvalue weighted by Crippen LogP contribution is 2.35. The number of alkyl halides is 3. The summed E-state index contributed by atoms with van der Waals surface area (Å²) >= 11 is 0. The van der Waals surface area contributed by atoms with Crippen molar-refractivity contribution in [2.45, 2.75) is 6.18 Å². The van der Waals surface area contributed by atoms with Crippen molar-refractivity contribution in [2.75, 3.05) is 0 Å². The largest absolute Gasteiger partial charge is 0.417 e. The maximum Gasteiger partial charge on any atom is 0.417 e. The van der Waals surface area contributed by atoms with Crippen LogP contribution in [0.4, 0.5) is 17.6 Å². The molecule has 9 heteroatoms. The SMILES string of the molecule is NC(N)=N/C(=C(\N)c1ccc2nccc(C(F)(F)F)c2c1)c1ccc(F)cc1. The number of rotatable bonds is 3. The van der Waals surface area contributed by atoms with E-state index in [0.29, 0.717) is 5.56 Å². The van der Waals surface area contributed by atoms with Crippen molar-refractivity contribution in [1.29, 1.82) is 0 Å². The van der Waals surface area contributed by atoms with Gasteiger partial charge in [-0.2, -0.15) is 13.2 Å². The van der Waals surface area contributed by atoms with E-state index in [1.165, 1.54) is 42.5 Å². The molecule has 0 saturated heterocycles. The molecule has 3 rings (SSSR count). The molecule has 0 radical (unpaired) electrons. The molecule has 1 heterocycles. The fraction of sp³-hybridized carbons (Fsp3) is 0.0526. The molecule has 144 valence electrons. The summed E-state index contributed by atoms with van der Waals surface area (Å²) in [4.78, 5) is 7.92. The lowest BCUT2D eigenvalue weighted by molar-refractivity contribution is -0.136. The molecule has 5 nitrogen and oxygen atoms in total. The molecule has 0 aliphatic heterocycles. The summed E-state index contributed by atoms with van der Waals surface area (Å²) in [5.74, 6) is -0.779. The fourth-order valence-electron chi connectivity index (χ4n) is 2.71. The van der Waals surface area contributed by atoms with Gasteiger partial charge in [0.15, 0.2) is 5.96 Å². The number of aliphatic imine (C=N–C) groups is 1. The number of pyridine rings is 1. The van der Waals surface area contributed by atoms with Gasteiger partial charge in [0.25, 0.3) is 0 Å². The average Bonchev–Trinajstić information content (AvgIpc) is 2.64. The Hall–Kier alpha value is -3.62. The van der Waals surface area contributed by atoms with Gasteiger partial charge in [-0.05, 0) is 42.5 Å². The molecule has 28 heavy (non-hydrogen) atoms. The van der Waals surface area contributed by atoms with E-state index in [9.17, 15) is 17.6 Å². The predicted octanol–water partition coefficient (Wildman–Crippen LogP) is 3.45. The number of hydrogen-bond acceptors (Lipinski definition) is 3. The maximum atomic E-state index is 13.3. The highest BCUT2D eigenvalue weighted by Gasteiger charge is 2.32. The van der Waals surface area contributed by atoms with Gasteiger partial charge >= 0.3 is 6.18 Å². The predicted molar refractivity (Wildman–Crippen MR) is 100.0 cm³/mol. The minimum atomic E-state index is -4.56. The smallest absolute Gasteiger partial charge is 0.396 e. The van der Waals surface area contributed by atoms with E-state index in [4.69, 9.17) is 17.2 Å². The number of nitrogens with zero attached hydrogens (tertiary/aromatic N) is 2. The number of halogens is 4. The summed E-state index contributed by atoms with van der Waals surface area (Å²) in [5.41, 5.74) is 17.2. The maximum absolute atomic E-state index is 13.3. The highest BCUT2D eigenvalue weighted by atomic mass is 19.4. The molecule has 0 atom stereocenters. The minimum Gasteiger partial charge on any atom is -0.396 e. The first kappa shape index (κ1) is 19.2. The number of nitrogens with two attached hydrogens (primary N) is 3. The fourth-order valence-corrected chi connectivity index (χ4v) is 2.71. The van der Waals surface area contributed by atoms with E-state index in [1.54, 1.807) is 0 Å². The molecule has 2 aromatic carbocycles. The van der Waals surface area contributed by atoms with Gasteiger partial charge in [0.1, 0.15) is 5.82 Å². The van der Waals surface area contributed by atoms with Gasteiger partial charge in [-0.25, -0.2) is 9.38 Å². The number of aromatic nitrogens is 1. The van der Waals surface area contributed by atoms with Crippen molar-refractivity contribution in [3.05, 3.63) is 77.2 Å². The van der Waals surface area contributed by atoms with Crippen LogP contribution in [0.5, 0.6) is 0 Å². The molecule has 0 amide bonds. The number of benzene rings is 2. The molecule has 0 fully saturated rings. The van der Waals surface area contributed by atoms with Crippen molar-refractivity contribution in [1.82, 2.24) is 4.98 Å². The average molecular weight is 389 g/mol. The Morgan fingerprint density at radius 3 is 2.14 bits per heavy atom. The summed E-state index contributed by atoms with van der Waals surface area (Å²) in [5, 5.41) is -0.112. The van der Waals surface area contributed by atoms with Crippen LogP contribution in [0.3, 0.4) is 0 Å². The van der Waals surface area contributed by atoms with Crippen LogP contribution in [0.25, 0.3) is 22.3 Å². The van der Waals surface area contributed by atoms with Gasteiger partial charge in [0.05, 0.1) is 22.5 Å². The van der Waals surface area contributed by atoms with E-state index in [1.807, 2.05) is 0 Å². The lowest BCUT2D eigenvalue weighted by Crippen LogP contribution is -2.23. The molecular weight excluding hydrogens is 374 g/mol. The Kier molecular flexibility index (Phi) is 4.91.